The molecule has 2 aromatic rings. The number of unbranched alkanes of at least 4 members (excludes halogenated alkanes) is 1. The van der Waals surface area contributed by atoms with Crippen molar-refractivity contribution < 1.29 is 24.2 Å². The number of β-amino-alcohol motifs (C(OH)–C–C–N with tert-alkyl or cyclic N) is 1. The average molecular weight is 594 g/mol. The Morgan fingerprint density at radius 1 is 1.09 bits per heavy atom. The van der Waals surface area contributed by atoms with Crippen LogP contribution in [0.1, 0.15) is 76.0 Å². The largest absolute Gasteiger partial charge is 0.497 e. The Labute approximate surface area is 257 Å². The van der Waals surface area contributed by atoms with E-state index in [9.17, 15) is 14.7 Å². The molecular formula is C35H51N3O5. The molecule has 0 spiro atoms. The Hall–Kier alpha value is -3.20. The van der Waals surface area contributed by atoms with Gasteiger partial charge in [-0.1, -0.05) is 87.7 Å². The molecule has 0 radical (unpaired) electrons. The normalized spacial score (nSPS) is 22.9. The van der Waals surface area contributed by atoms with Crippen LogP contribution >= 0.6 is 0 Å². The van der Waals surface area contributed by atoms with E-state index >= 15 is 0 Å². The highest BCUT2D eigenvalue weighted by atomic mass is 16.5. The fourth-order valence-corrected chi connectivity index (χ4v) is 5.46. The van der Waals surface area contributed by atoms with Crippen molar-refractivity contribution in [2.75, 3.05) is 26.9 Å². The minimum atomic E-state index is -0.882. The molecule has 2 aromatic carbocycles. The summed E-state index contributed by atoms with van der Waals surface area (Å²) in [6.07, 6.45) is 8.90. The predicted molar refractivity (Wildman–Crippen MR) is 171 cm³/mol. The van der Waals surface area contributed by atoms with Gasteiger partial charge < -0.3 is 30.5 Å². The van der Waals surface area contributed by atoms with Crippen molar-refractivity contribution in [2.45, 2.75) is 89.4 Å². The van der Waals surface area contributed by atoms with Gasteiger partial charge in [-0.15, -0.1) is 0 Å². The molecule has 4 N–H and O–H groups in total. The Balaban J connectivity index is 1.83. The fraction of sp³-hybridized carbons (Fsp3) is 0.543. The summed E-state index contributed by atoms with van der Waals surface area (Å²) in [5.74, 6) is 0.257. The van der Waals surface area contributed by atoms with Gasteiger partial charge in [-0.25, -0.2) is 0 Å². The first-order chi connectivity index (χ1) is 20.9. The van der Waals surface area contributed by atoms with Crippen LogP contribution in [0.3, 0.4) is 0 Å². The van der Waals surface area contributed by atoms with Crippen LogP contribution in [-0.2, 0) is 20.7 Å². The molecule has 0 bridgehead atoms. The van der Waals surface area contributed by atoms with E-state index in [1.54, 1.807) is 7.11 Å². The minimum Gasteiger partial charge on any atom is -0.497 e. The molecule has 0 saturated heterocycles. The molecule has 5 atom stereocenters. The highest BCUT2D eigenvalue weighted by molar-refractivity contribution is 5.88. The molecule has 5 unspecified atom stereocenters. The maximum atomic E-state index is 13.7. The Morgan fingerprint density at radius 2 is 1.91 bits per heavy atom. The van der Waals surface area contributed by atoms with Crippen LogP contribution in [0.15, 0.2) is 66.7 Å². The topological polar surface area (TPSA) is 109 Å². The number of hydrogen-bond donors (Lipinski definition) is 4. The lowest BCUT2D eigenvalue weighted by molar-refractivity contribution is -0.132. The van der Waals surface area contributed by atoms with E-state index < -0.39 is 18.2 Å². The van der Waals surface area contributed by atoms with Gasteiger partial charge in [0.25, 0.3) is 0 Å². The summed E-state index contributed by atoms with van der Waals surface area (Å²) in [4.78, 5) is 27.1. The van der Waals surface area contributed by atoms with Crippen LogP contribution in [0.25, 0.3) is 0 Å². The SMILES string of the molecule is CCCCC(CCC)C(=O)NC1CC=CCOCCC(c2cccc(OC)c2)NCC(O)C(Cc2ccccc2)NC1=O. The number of benzene rings is 2. The smallest absolute Gasteiger partial charge is 0.243 e. The number of rotatable bonds is 11. The number of hydrogen-bond acceptors (Lipinski definition) is 6. The first-order valence-corrected chi connectivity index (χ1v) is 15.9. The van der Waals surface area contributed by atoms with E-state index in [1.165, 1.54) is 0 Å². The van der Waals surface area contributed by atoms with Crippen molar-refractivity contribution in [3.8, 4) is 5.75 Å². The van der Waals surface area contributed by atoms with Gasteiger partial charge in [0, 0.05) is 25.1 Å². The van der Waals surface area contributed by atoms with Crippen LogP contribution < -0.4 is 20.7 Å². The second-order valence-electron chi connectivity index (χ2n) is 11.4. The molecule has 8 heteroatoms. The van der Waals surface area contributed by atoms with Gasteiger partial charge in [0.1, 0.15) is 11.8 Å². The van der Waals surface area contributed by atoms with Crippen LogP contribution in [0.5, 0.6) is 5.75 Å². The first-order valence-electron chi connectivity index (χ1n) is 15.9. The standard InChI is InChI=1S/C35H51N3O5/c1-4-6-16-27(13-5-2)34(40)37-31-19-10-11-21-43-22-20-30(28-17-12-18-29(24-28)42-3)36-25-33(39)32(38-35(31)41)23-26-14-8-7-9-15-26/h7-12,14-15,17-18,24,27,30-33,36,39H,4-6,13,16,19-23,25H2,1-3H3,(H,37,40)(H,38,41). The van der Waals surface area contributed by atoms with Crippen LogP contribution in [0.2, 0.25) is 0 Å². The van der Waals surface area contributed by atoms with E-state index in [1.807, 2.05) is 66.7 Å². The highest BCUT2D eigenvalue weighted by Gasteiger charge is 2.29. The van der Waals surface area contributed by atoms with Crippen molar-refractivity contribution in [3.63, 3.8) is 0 Å². The molecule has 0 aliphatic carbocycles. The van der Waals surface area contributed by atoms with Crippen molar-refractivity contribution in [3.05, 3.63) is 77.9 Å². The van der Waals surface area contributed by atoms with Gasteiger partial charge in [0.2, 0.25) is 11.8 Å². The van der Waals surface area contributed by atoms with E-state index in [0.29, 0.717) is 32.5 Å². The third-order valence-corrected chi connectivity index (χ3v) is 8.01. The third kappa shape index (κ3) is 11.8. The third-order valence-electron chi connectivity index (χ3n) is 8.01. The quantitative estimate of drug-likeness (QED) is 0.277. The van der Waals surface area contributed by atoms with E-state index in [0.717, 1.165) is 49.0 Å². The van der Waals surface area contributed by atoms with Crippen molar-refractivity contribution in [1.29, 1.82) is 0 Å². The number of ether oxygens (including phenoxy) is 2. The predicted octanol–water partition coefficient (Wildman–Crippen LogP) is 4.87. The molecule has 0 saturated carbocycles. The molecule has 1 aliphatic heterocycles. The molecule has 2 amide bonds. The first kappa shape index (κ1) is 34.3. The maximum Gasteiger partial charge on any atom is 0.243 e. The molecule has 43 heavy (non-hydrogen) atoms. The highest BCUT2D eigenvalue weighted by Crippen LogP contribution is 2.22. The zero-order chi connectivity index (χ0) is 30.9. The number of aliphatic hydroxyl groups excluding tert-OH is 1. The van der Waals surface area contributed by atoms with Gasteiger partial charge in [0.05, 0.1) is 25.9 Å². The molecule has 0 aromatic heterocycles. The van der Waals surface area contributed by atoms with E-state index in [-0.39, 0.29) is 30.3 Å². The summed E-state index contributed by atoms with van der Waals surface area (Å²) in [5.41, 5.74) is 2.04. The molecule has 236 valence electrons. The Kier molecular flexibility index (Phi) is 15.3. The maximum absolute atomic E-state index is 13.7. The summed E-state index contributed by atoms with van der Waals surface area (Å²) in [5, 5.41) is 21.1. The second kappa shape index (κ2) is 19.2. The van der Waals surface area contributed by atoms with Crippen molar-refractivity contribution in [1.82, 2.24) is 16.0 Å². The number of carbonyl (C=O) groups is 2. The van der Waals surface area contributed by atoms with Gasteiger partial charge in [-0.2, -0.15) is 0 Å². The Bertz CT molecular complexity index is 1130. The zero-order valence-electron chi connectivity index (χ0n) is 26.1. The van der Waals surface area contributed by atoms with Gasteiger partial charge in [-0.3, -0.25) is 9.59 Å². The monoisotopic (exact) mass is 593 g/mol. The number of methoxy groups -OCH3 is 1. The Morgan fingerprint density at radius 3 is 2.65 bits per heavy atom. The molecule has 3 rings (SSSR count). The lowest BCUT2D eigenvalue weighted by Crippen LogP contribution is -2.55. The minimum absolute atomic E-state index is 0.0824. The fourth-order valence-electron chi connectivity index (χ4n) is 5.46. The van der Waals surface area contributed by atoms with Gasteiger partial charge in [-0.05, 0) is 55.4 Å². The van der Waals surface area contributed by atoms with Crippen molar-refractivity contribution >= 4 is 11.8 Å². The summed E-state index contributed by atoms with van der Waals surface area (Å²) >= 11 is 0. The van der Waals surface area contributed by atoms with Crippen molar-refractivity contribution in [2.24, 2.45) is 5.92 Å². The van der Waals surface area contributed by atoms with Gasteiger partial charge in [0.15, 0.2) is 0 Å². The summed E-state index contributed by atoms with van der Waals surface area (Å²) in [6.45, 7) is 5.36. The van der Waals surface area contributed by atoms with Crippen LogP contribution in [0, 0.1) is 5.92 Å². The van der Waals surface area contributed by atoms with E-state index in [4.69, 9.17) is 9.47 Å². The van der Waals surface area contributed by atoms with E-state index in [2.05, 4.69) is 29.8 Å². The zero-order valence-corrected chi connectivity index (χ0v) is 26.1. The second-order valence-corrected chi connectivity index (χ2v) is 11.4. The molecule has 0 fully saturated rings. The van der Waals surface area contributed by atoms with Gasteiger partial charge >= 0.3 is 0 Å². The van der Waals surface area contributed by atoms with Crippen LogP contribution in [0.4, 0.5) is 0 Å². The molecule has 8 nitrogen and oxygen atoms in total. The number of amides is 2. The lowest BCUT2D eigenvalue weighted by Gasteiger charge is -2.29. The number of carbonyl (C=O) groups excluding carboxylic acids is 2. The average Bonchev–Trinajstić information content (AvgIpc) is 3.03. The molecular weight excluding hydrogens is 542 g/mol. The molecule has 1 heterocycles. The summed E-state index contributed by atoms with van der Waals surface area (Å²) < 4.78 is 11.3. The summed E-state index contributed by atoms with van der Waals surface area (Å²) in [7, 11) is 1.64. The number of aliphatic hydroxyl groups is 1. The lowest BCUT2D eigenvalue weighted by atomic mass is 9.95. The van der Waals surface area contributed by atoms with Crippen LogP contribution in [-0.4, -0.2) is 62.0 Å². The molecule has 1 aliphatic rings. The summed E-state index contributed by atoms with van der Waals surface area (Å²) in [6, 6.07) is 16.3. The number of nitrogens with one attached hydrogen (secondary N) is 3.